The van der Waals surface area contributed by atoms with E-state index in [-0.39, 0.29) is 72.0 Å². The molecule has 0 saturated carbocycles. The van der Waals surface area contributed by atoms with Crippen LogP contribution in [0, 0.1) is 0 Å². The Kier molecular flexibility index (Phi) is 18.6. The molecule has 2 aromatic carbocycles. The summed E-state index contributed by atoms with van der Waals surface area (Å²) in [6.07, 6.45) is -0.669. The van der Waals surface area contributed by atoms with Crippen LogP contribution in [0.1, 0.15) is 11.1 Å². The summed E-state index contributed by atoms with van der Waals surface area (Å²) in [5, 5.41) is -9.27. The number of benzene rings is 2. The summed E-state index contributed by atoms with van der Waals surface area (Å²) < 4.78 is 130. The standard InChI is InChI=1S/2C11H12F2O6S.2Na/c2*1-18-9-4-2-8(3-5-9)6-10(14)19-7-11(12,13)20(15,16)17;;/h2*2-5H,6-7H2,1H3,(H,15,16,17);;/q;;2*+1/p-2. The quantitative estimate of drug-likeness (QED) is 0.0925. The van der Waals surface area contributed by atoms with E-state index < -0.39 is 55.9 Å². The molecule has 0 heterocycles. The van der Waals surface area contributed by atoms with Crippen molar-refractivity contribution in [2.45, 2.75) is 23.4 Å². The van der Waals surface area contributed by atoms with Gasteiger partial charge in [0.1, 0.15) is 11.5 Å². The molecule has 224 valence electrons. The average molecular weight is 665 g/mol. The third-order valence-electron chi connectivity index (χ3n) is 4.55. The second kappa shape index (κ2) is 18.4. The van der Waals surface area contributed by atoms with Crippen LogP contribution in [0.4, 0.5) is 17.6 Å². The zero-order valence-corrected chi connectivity index (χ0v) is 28.3. The molecule has 12 nitrogen and oxygen atoms in total. The first-order chi connectivity index (χ1) is 18.3. The van der Waals surface area contributed by atoms with Gasteiger partial charge in [-0.25, -0.2) is 16.8 Å². The van der Waals surface area contributed by atoms with Gasteiger partial charge in [0.15, 0.2) is 33.5 Å². The topological polar surface area (TPSA) is 185 Å². The molecule has 0 N–H and O–H groups in total. The van der Waals surface area contributed by atoms with Crippen LogP contribution in [-0.2, 0) is 52.1 Å². The van der Waals surface area contributed by atoms with Gasteiger partial charge in [0.05, 0.1) is 27.1 Å². The first-order valence-corrected chi connectivity index (χ1v) is 13.4. The summed E-state index contributed by atoms with van der Waals surface area (Å²) in [5.41, 5.74) is 0.924. The van der Waals surface area contributed by atoms with E-state index in [2.05, 4.69) is 9.47 Å². The molecule has 0 atom stereocenters. The Morgan fingerprint density at radius 1 is 0.643 bits per heavy atom. The summed E-state index contributed by atoms with van der Waals surface area (Å²) >= 11 is 0. The fraction of sp³-hybridized carbons (Fsp3) is 0.364. The van der Waals surface area contributed by atoms with Crippen molar-refractivity contribution in [1.29, 1.82) is 0 Å². The van der Waals surface area contributed by atoms with Gasteiger partial charge in [-0.2, -0.15) is 17.6 Å². The molecule has 0 saturated heterocycles. The third kappa shape index (κ3) is 14.8. The minimum Gasteiger partial charge on any atom is -0.743 e. The number of hydrogen-bond donors (Lipinski definition) is 0. The zero-order chi connectivity index (χ0) is 30.8. The number of hydrogen-bond acceptors (Lipinski definition) is 12. The van der Waals surface area contributed by atoms with Crippen molar-refractivity contribution in [3.63, 3.8) is 0 Å². The molecule has 0 spiro atoms. The van der Waals surface area contributed by atoms with Crippen molar-refractivity contribution in [2.75, 3.05) is 27.4 Å². The van der Waals surface area contributed by atoms with Crippen molar-refractivity contribution in [3.05, 3.63) is 59.7 Å². The minimum absolute atomic E-state index is 0. The fourth-order valence-electron chi connectivity index (χ4n) is 2.40. The molecule has 0 aliphatic heterocycles. The molecule has 0 bridgehead atoms. The molecule has 20 heteroatoms. The Morgan fingerprint density at radius 3 is 1.12 bits per heavy atom. The SMILES string of the molecule is COc1ccc(CC(=O)OCC(F)(F)S(=O)(=O)[O-])cc1.COc1ccc(CC(=O)OCC(F)(F)S(=O)(=O)[O-])cc1.[Na+].[Na+]. The maximum Gasteiger partial charge on any atom is 1.00 e. The van der Waals surface area contributed by atoms with E-state index in [1.807, 2.05) is 0 Å². The van der Waals surface area contributed by atoms with Crippen molar-refractivity contribution >= 4 is 32.2 Å². The van der Waals surface area contributed by atoms with Crippen LogP contribution < -0.4 is 68.6 Å². The van der Waals surface area contributed by atoms with E-state index in [0.29, 0.717) is 22.6 Å². The largest absolute Gasteiger partial charge is 1.00 e. The molecule has 42 heavy (non-hydrogen) atoms. The third-order valence-corrected chi connectivity index (χ3v) is 6.25. The van der Waals surface area contributed by atoms with E-state index in [9.17, 15) is 53.1 Å². The van der Waals surface area contributed by atoms with Gasteiger partial charge in [-0.1, -0.05) is 24.3 Å². The van der Waals surface area contributed by atoms with Gasteiger partial charge in [0.25, 0.3) is 0 Å². The molecule has 0 fully saturated rings. The Hall–Kier alpha value is -1.48. The number of halogens is 4. The second-order valence-corrected chi connectivity index (χ2v) is 10.6. The zero-order valence-electron chi connectivity index (χ0n) is 22.7. The summed E-state index contributed by atoms with van der Waals surface area (Å²) in [4.78, 5) is 22.5. The van der Waals surface area contributed by atoms with E-state index in [1.54, 1.807) is 24.3 Å². The van der Waals surface area contributed by atoms with Crippen LogP contribution in [0.5, 0.6) is 11.5 Å². The van der Waals surface area contributed by atoms with Gasteiger partial charge in [0.2, 0.25) is 0 Å². The van der Waals surface area contributed by atoms with Gasteiger partial charge in [0, 0.05) is 0 Å². The maximum absolute atomic E-state index is 12.7. The van der Waals surface area contributed by atoms with Crippen molar-refractivity contribution in [2.24, 2.45) is 0 Å². The number of carbonyl (C=O) groups excluding carboxylic acids is 2. The van der Waals surface area contributed by atoms with E-state index >= 15 is 0 Å². The van der Waals surface area contributed by atoms with Crippen molar-refractivity contribution in [1.82, 2.24) is 0 Å². The molecular formula is C22H22F4Na2O12S2. The Morgan fingerprint density at radius 2 is 0.905 bits per heavy atom. The normalized spacial score (nSPS) is 11.4. The summed E-state index contributed by atoms with van der Waals surface area (Å²) in [6.45, 7) is -3.60. The van der Waals surface area contributed by atoms with E-state index in [1.165, 1.54) is 38.5 Å². The number of esters is 2. The second-order valence-electron chi connectivity index (χ2n) is 7.55. The average Bonchev–Trinajstić information content (AvgIpc) is 2.86. The van der Waals surface area contributed by atoms with Gasteiger partial charge in [-0.05, 0) is 35.4 Å². The number of alkyl halides is 4. The molecule has 0 amide bonds. The number of carbonyl (C=O) groups is 2. The van der Waals surface area contributed by atoms with Crippen LogP contribution in [0.3, 0.4) is 0 Å². The molecule has 2 rings (SSSR count). The number of methoxy groups -OCH3 is 2. The monoisotopic (exact) mass is 664 g/mol. The Balaban J connectivity index is 0. The molecule has 0 aromatic heterocycles. The van der Waals surface area contributed by atoms with Crippen LogP contribution in [-0.4, -0.2) is 75.8 Å². The summed E-state index contributed by atoms with van der Waals surface area (Å²) in [7, 11) is -8.81. The molecule has 2 aromatic rings. The Bertz CT molecular complexity index is 1250. The van der Waals surface area contributed by atoms with Crippen LogP contribution in [0.15, 0.2) is 48.5 Å². The Labute approximate surface area is 283 Å². The number of rotatable bonds is 12. The molecule has 0 radical (unpaired) electrons. The van der Waals surface area contributed by atoms with Gasteiger partial charge < -0.3 is 28.1 Å². The van der Waals surface area contributed by atoms with Gasteiger partial charge in [-0.15, -0.1) is 0 Å². The smallest absolute Gasteiger partial charge is 0.743 e. The molecule has 0 aliphatic rings. The first kappa shape index (κ1) is 42.7. The van der Waals surface area contributed by atoms with Gasteiger partial charge >= 0.3 is 81.6 Å². The maximum atomic E-state index is 12.7. The predicted molar refractivity (Wildman–Crippen MR) is 125 cm³/mol. The van der Waals surface area contributed by atoms with Crippen molar-refractivity contribution in [3.8, 4) is 11.5 Å². The van der Waals surface area contributed by atoms with Crippen LogP contribution in [0.2, 0.25) is 0 Å². The van der Waals surface area contributed by atoms with Gasteiger partial charge in [-0.3, -0.25) is 9.59 Å². The molecule has 0 unspecified atom stereocenters. The predicted octanol–water partition coefficient (Wildman–Crippen LogP) is -4.15. The first-order valence-electron chi connectivity index (χ1n) is 10.5. The fourth-order valence-corrected chi connectivity index (χ4v) is 2.80. The molecule has 0 aliphatic carbocycles. The van der Waals surface area contributed by atoms with E-state index in [4.69, 9.17) is 9.47 Å². The minimum atomic E-state index is -5.86. The van der Waals surface area contributed by atoms with Crippen LogP contribution in [0.25, 0.3) is 0 Å². The molecular weight excluding hydrogens is 642 g/mol. The van der Waals surface area contributed by atoms with Crippen molar-refractivity contribution < 1.29 is 131 Å². The number of ether oxygens (including phenoxy) is 4. The summed E-state index contributed by atoms with van der Waals surface area (Å²) in [6, 6.07) is 12.3. The van der Waals surface area contributed by atoms with Crippen LogP contribution >= 0.6 is 0 Å². The summed E-state index contributed by atoms with van der Waals surface area (Å²) in [5.74, 6) is -1.05. The van der Waals surface area contributed by atoms with E-state index in [0.717, 1.165) is 0 Å².